The molecule has 150 valence electrons. The van der Waals surface area contributed by atoms with Crippen molar-refractivity contribution in [1.29, 1.82) is 0 Å². The lowest BCUT2D eigenvalue weighted by Crippen LogP contribution is -2.49. The Balaban J connectivity index is 1.59. The van der Waals surface area contributed by atoms with Crippen LogP contribution in [0.25, 0.3) is 5.82 Å². The lowest BCUT2D eigenvalue weighted by molar-refractivity contribution is -0.124. The van der Waals surface area contributed by atoms with Crippen molar-refractivity contribution < 1.29 is 9.59 Å². The summed E-state index contributed by atoms with van der Waals surface area (Å²) >= 11 is 0. The molecule has 1 atom stereocenters. The molecule has 0 aliphatic heterocycles. The summed E-state index contributed by atoms with van der Waals surface area (Å²) in [5.41, 5.74) is 2.48. The van der Waals surface area contributed by atoms with E-state index in [1.807, 2.05) is 51.2 Å². The molecule has 0 saturated carbocycles. The maximum absolute atomic E-state index is 12.7. The zero-order chi connectivity index (χ0) is 20.8. The summed E-state index contributed by atoms with van der Waals surface area (Å²) < 4.78 is 1.80. The molecule has 3 aromatic rings. The second-order valence-electron chi connectivity index (χ2n) is 7.27. The number of carbonyl (C=O) groups is 2. The highest BCUT2D eigenvalue weighted by atomic mass is 16.2. The van der Waals surface area contributed by atoms with E-state index in [9.17, 15) is 9.59 Å². The number of benzene rings is 1. The van der Waals surface area contributed by atoms with E-state index >= 15 is 0 Å². The molecule has 0 aliphatic carbocycles. The largest absolute Gasteiger partial charge is 0.350 e. The van der Waals surface area contributed by atoms with Crippen LogP contribution in [0.5, 0.6) is 0 Å². The van der Waals surface area contributed by atoms with Crippen LogP contribution in [0.3, 0.4) is 0 Å². The number of imidazole rings is 1. The van der Waals surface area contributed by atoms with E-state index < -0.39 is 6.04 Å². The van der Waals surface area contributed by atoms with Crippen LogP contribution in [0.15, 0.2) is 61.3 Å². The van der Waals surface area contributed by atoms with Crippen molar-refractivity contribution in [3.63, 3.8) is 0 Å². The molecule has 2 N–H and O–H groups in total. The van der Waals surface area contributed by atoms with Gasteiger partial charge in [-0.3, -0.25) is 14.2 Å². The molecule has 1 unspecified atom stereocenters. The van der Waals surface area contributed by atoms with Crippen molar-refractivity contribution in [2.45, 2.75) is 33.4 Å². The Morgan fingerprint density at radius 3 is 2.45 bits per heavy atom. The summed E-state index contributed by atoms with van der Waals surface area (Å²) in [4.78, 5) is 33.5. The highest BCUT2D eigenvalue weighted by Gasteiger charge is 2.24. The molecule has 0 spiro atoms. The molecule has 2 heterocycles. The molecule has 1 aromatic carbocycles. The number of nitrogens with zero attached hydrogens (tertiary/aromatic N) is 3. The second-order valence-corrected chi connectivity index (χ2v) is 7.27. The van der Waals surface area contributed by atoms with E-state index in [1.54, 1.807) is 35.4 Å². The third kappa shape index (κ3) is 5.28. The predicted molar refractivity (Wildman–Crippen MR) is 110 cm³/mol. The highest BCUT2D eigenvalue weighted by Crippen LogP contribution is 2.08. The number of hydrogen-bond acceptors (Lipinski definition) is 4. The van der Waals surface area contributed by atoms with Gasteiger partial charge < -0.3 is 10.6 Å². The Hall–Kier alpha value is -3.48. The number of aromatic nitrogens is 3. The van der Waals surface area contributed by atoms with Crippen molar-refractivity contribution in [2.75, 3.05) is 0 Å². The van der Waals surface area contributed by atoms with Crippen LogP contribution in [0.4, 0.5) is 0 Å². The third-order valence-electron chi connectivity index (χ3n) is 4.59. The smallest absolute Gasteiger partial charge is 0.251 e. The average Bonchev–Trinajstić information content (AvgIpc) is 3.25. The van der Waals surface area contributed by atoms with E-state index in [-0.39, 0.29) is 17.7 Å². The van der Waals surface area contributed by atoms with Gasteiger partial charge in [-0.2, -0.15) is 0 Å². The van der Waals surface area contributed by atoms with Crippen LogP contribution in [0.2, 0.25) is 0 Å². The number of amides is 2. The molecule has 7 nitrogen and oxygen atoms in total. The molecular formula is C22H25N5O2. The van der Waals surface area contributed by atoms with Gasteiger partial charge in [-0.1, -0.05) is 37.6 Å². The van der Waals surface area contributed by atoms with Crippen LogP contribution in [0.1, 0.15) is 35.3 Å². The lowest BCUT2D eigenvalue weighted by atomic mass is 10.0. The Morgan fingerprint density at radius 2 is 1.86 bits per heavy atom. The molecule has 0 aliphatic rings. The fraction of sp³-hybridized carbons (Fsp3) is 0.273. The SMILES string of the molecule is Cc1ccc(C(=O)NC(C(=O)NCc2ccc(-n3ccnc3)nc2)C(C)C)cc1. The molecule has 29 heavy (non-hydrogen) atoms. The first-order valence-corrected chi connectivity index (χ1v) is 9.52. The Labute approximate surface area is 170 Å². The molecule has 3 rings (SSSR count). The van der Waals surface area contributed by atoms with Crippen molar-refractivity contribution in [2.24, 2.45) is 5.92 Å². The molecule has 0 radical (unpaired) electrons. The van der Waals surface area contributed by atoms with Crippen LogP contribution in [0, 0.1) is 12.8 Å². The summed E-state index contributed by atoms with van der Waals surface area (Å²) in [5.74, 6) is 0.221. The van der Waals surface area contributed by atoms with E-state index in [2.05, 4.69) is 20.6 Å². The van der Waals surface area contributed by atoms with Crippen molar-refractivity contribution in [3.8, 4) is 5.82 Å². The van der Waals surface area contributed by atoms with Crippen molar-refractivity contribution in [1.82, 2.24) is 25.2 Å². The molecular weight excluding hydrogens is 366 g/mol. The number of aryl methyl sites for hydroxylation is 1. The van der Waals surface area contributed by atoms with Crippen molar-refractivity contribution in [3.05, 3.63) is 78.0 Å². The van der Waals surface area contributed by atoms with Crippen LogP contribution >= 0.6 is 0 Å². The summed E-state index contributed by atoms with van der Waals surface area (Å²) in [5, 5.41) is 5.73. The molecule has 2 aromatic heterocycles. The minimum absolute atomic E-state index is 0.0499. The first-order valence-electron chi connectivity index (χ1n) is 9.52. The van der Waals surface area contributed by atoms with Gasteiger partial charge in [0.2, 0.25) is 5.91 Å². The molecule has 7 heteroatoms. The number of carbonyl (C=O) groups excluding carboxylic acids is 2. The summed E-state index contributed by atoms with van der Waals surface area (Å²) in [6.45, 7) is 6.10. The van der Waals surface area contributed by atoms with Gasteiger partial charge in [0.25, 0.3) is 5.91 Å². The van der Waals surface area contributed by atoms with Crippen LogP contribution < -0.4 is 10.6 Å². The standard InChI is InChI=1S/C22H25N5O2/c1-15(2)20(26-21(28)18-7-4-16(3)5-8-18)22(29)25-13-17-6-9-19(24-12-17)27-11-10-23-14-27/h4-12,14-15,20H,13H2,1-3H3,(H,25,29)(H,26,28). The summed E-state index contributed by atoms with van der Waals surface area (Å²) in [6, 6.07) is 10.4. The van der Waals surface area contributed by atoms with Crippen LogP contribution in [-0.2, 0) is 11.3 Å². The van der Waals surface area contributed by atoms with Gasteiger partial charge in [0.15, 0.2) is 0 Å². The van der Waals surface area contributed by atoms with Gasteiger partial charge in [0.1, 0.15) is 18.2 Å². The normalized spacial score (nSPS) is 11.9. The maximum Gasteiger partial charge on any atom is 0.251 e. The van der Waals surface area contributed by atoms with E-state index in [1.165, 1.54) is 0 Å². The van der Waals surface area contributed by atoms with E-state index in [0.29, 0.717) is 12.1 Å². The molecule has 0 bridgehead atoms. The number of nitrogens with one attached hydrogen (secondary N) is 2. The number of rotatable bonds is 7. The zero-order valence-corrected chi connectivity index (χ0v) is 16.8. The van der Waals surface area contributed by atoms with Gasteiger partial charge in [-0.05, 0) is 36.6 Å². The van der Waals surface area contributed by atoms with E-state index in [4.69, 9.17) is 0 Å². The second kappa shape index (κ2) is 9.14. The first-order chi connectivity index (χ1) is 13.9. The summed E-state index contributed by atoms with van der Waals surface area (Å²) in [7, 11) is 0. The van der Waals surface area contributed by atoms with Gasteiger partial charge >= 0.3 is 0 Å². The monoisotopic (exact) mass is 391 g/mol. The Bertz CT molecular complexity index is 948. The van der Waals surface area contributed by atoms with E-state index in [0.717, 1.165) is 16.9 Å². The quantitative estimate of drug-likeness (QED) is 0.648. The zero-order valence-electron chi connectivity index (χ0n) is 16.8. The predicted octanol–water partition coefficient (Wildman–Crippen LogP) is 2.65. The van der Waals surface area contributed by atoms with Gasteiger partial charge in [0.05, 0.1) is 0 Å². The van der Waals surface area contributed by atoms with Crippen molar-refractivity contribution >= 4 is 11.8 Å². The number of pyridine rings is 1. The average molecular weight is 391 g/mol. The molecule has 0 fully saturated rings. The van der Waals surface area contributed by atoms with Gasteiger partial charge in [0, 0.05) is 30.7 Å². The molecule has 0 saturated heterocycles. The topological polar surface area (TPSA) is 88.9 Å². The maximum atomic E-state index is 12.7. The highest BCUT2D eigenvalue weighted by molar-refractivity contribution is 5.97. The fourth-order valence-electron chi connectivity index (χ4n) is 2.83. The minimum Gasteiger partial charge on any atom is -0.350 e. The number of hydrogen-bond donors (Lipinski definition) is 2. The Kier molecular flexibility index (Phi) is 6.39. The molecule has 2 amide bonds. The summed E-state index contributed by atoms with van der Waals surface area (Å²) in [6.07, 6.45) is 6.89. The van der Waals surface area contributed by atoms with Gasteiger partial charge in [-0.25, -0.2) is 9.97 Å². The van der Waals surface area contributed by atoms with Crippen LogP contribution in [-0.4, -0.2) is 32.4 Å². The fourth-order valence-corrected chi connectivity index (χ4v) is 2.83. The lowest BCUT2D eigenvalue weighted by Gasteiger charge is -2.22. The third-order valence-corrected chi connectivity index (χ3v) is 4.59. The minimum atomic E-state index is -0.623. The Morgan fingerprint density at radius 1 is 1.10 bits per heavy atom. The first kappa shape index (κ1) is 20.3. The van der Waals surface area contributed by atoms with Gasteiger partial charge in [-0.15, -0.1) is 0 Å².